The second kappa shape index (κ2) is 35.9. The molecule has 0 unspecified atom stereocenters. The molecule has 0 saturated carbocycles. The first kappa shape index (κ1) is 36.9. The van der Waals surface area contributed by atoms with Crippen LogP contribution in [0.1, 0.15) is 181 Å². The van der Waals surface area contributed by atoms with Crippen molar-refractivity contribution < 1.29 is 14.2 Å². The van der Waals surface area contributed by atoms with Crippen molar-refractivity contribution in [3.05, 3.63) is 0 Å². The van der Waals surface area contributed by atoms with Crippen molar-refractivity contribution in [3.8, 4) is 0 Å². The Kier molecular flexibility index (Phi) is 35.8. The Bertz CT molecular complexity index is 340. The minimum atomic E-state index is 0.817. The second-order valence-electron chi connectivity index (χ2n) is 11.3. The predicted molar refractivity (Wildman–Crippen MR) is 164 cm³/mol. The highest BCUT2D eigenvalue weighted by Gasteiger charge is 1.97. The van der Waals surface area contributed by atoms with Crippen LogP contribution in [0, 0.1) is 0 Å². The van der Waals surface area contributed by atoms with Gasteiger partial charge in [-0.05, 0) is 25.7 Å². The van der Waals surface area contributed by atoms with Crippen molar-refractivity contribution in [2.24, 2.45) is 0 Å². The van der Waals surface area contributed by atoms with Gasteiger partial charge in [0, 0.05) is 39.6 Å². The summed E-state index contributed by atoms with van der Waals surface area (Å²) in [6, 6.07) is 0. The monoisotopic (exact) mass is 527 g/mol. The first-order valence-corrected chi connectivity index (χ1v) is 17.1. The zero-order valence-electron chi connectivity index (χ0n) is 25.9. The summed E-state index contributed by atoms with van der Waals surface area (Å²) < 4.78 is 17.2. The number of unbranched alkanes of at least 4 members (excludes halogenated alkanes) is 22. The number of rotatable bonds is 34. The van der Waals surface area contributed by atoms with Gasteiger partial charge >= 0.3 is 0 Å². The molecular formula is C34H70O3. The molecule has 0 saturated heterocycles. The lowest BCUT2D eigenvalue weighted by Gasteiger charge is -2.07. The topological polar surface area (TPSA) is 27.7 Å². The van der Waals surface area contributed by atoms with Crippen LogP contribution in [0.15, 0.2) is 0 Å². The number of ether oxygens (including phenoxy) is 3. The molecule has 0 radical (unpaired) electrons. The van der Waals surface area contributed by atoms with Crippen LogP contribution in [-0.2, 0) is 14.2 Å². The van der Waals surface area contributed by atoms with E-state index >= 15 is 0 Å². The normalized spacial score (nSPS) is 11.5. The van der Waals surface area contributed by atoms with Gasteiger partial charge in [0.05, 0.1) is 0 Å². The lowest BCUT2D eigenvalue weighted by Crippen LogP contribution is -2.05. The van der Waals surface area contributed by atoms with Crippen LogP contribution in [-0.4, -0.2) is 39.6 Å². The molecule has 3 heteroatoms. The zero-order valence-corrected chi connectivity index (χ0v) is 25.9. The first-order valence-electron chi connectivity index (χ1n) is 17.1. The minimum Gasteiger partial charge on any atom is -0.381 e. The average Bonchev–Trinajstić information content (AvgIpc) is 2.91. The van der Waals surface area contributed by atoms with Crippen molar-refractivity contribution in [2.45, 2.75) is 181 Å². The molecule has 0 amide bonds. The van der Waals surface area contributed by atoms with E-state index < -0.39 is 0 Å². The van der Waals surface area contributed by atoms with Gasteiger partial charge < -0.3 is 14.2 Å². The zero-order chi connectivity index (χ0) is 26.7. The van der Waals surface area contributed by atoms with E-state index in [0.717, 1.165) is 52.5 Å². The van der Waals surface area contributed by atoms with E-state index in [9.17, 15) is 0 Å². The molecule has 224 valence electrons. The molecule has 0 N–H and O–H groups in total. The maximum absolute atomic E-state index is 5.76. The first-order chi connectivity index (χ1) is 18.4. The second-order valence-corrected chi connectivity index (χ2v) is 11.3. The van der Waals surface area contributed by atoms with Gasteiger partial charge in [0.25, 0.3) is 0 Å². The molecule has 0 rings (SSSR count). The van der Waals surface area contributed by atoms with Crippen LogP contribution in [0.25, 0.3) is 0 Å². The third-order valence-corrected chi connectivity index (χ3v) is 7.44. The van der Waals surface area contributed by atoms with Crippen molar-refractivity contribution in [3.63, 3.8) is 0 Å². The molecule has 0 aromatic rings. The van der Waals surface area contributed by atoms with Crippen LogP contribution >= 0.6 is 0 Å². The number of hydrogen-bond acceptors (Lipinski definition) is 3. The van der Waals surface area contributed by atoms with Crippen molar-refractivity contribution in [2.75, 3.05) is 39.6 Å². The molecule has 0 spiro atoms. The Labute approximate surface area is 234 Å². The van der Waals surface area contributed by atoms with Crippen molar-refractivity contribution >= 4 is 0 Å². The summed E-state index contributed by atoms with van der Waals surface area (Å²) in [7, 11) is 0. The van der Waals surface area contributed by atoms with Crippen molar-refractivity contribution in [1.29, 1.82) is 0 Å². The van der Waals surface area contributed by atoms with Crippen LogP contribution in [0.2, 0.25) is 0 Å². The van der Waals surface area contributed by atoms with Crippen LogP contribution in [0.5, 0.6) is 0 Å². The van der Waals surface area contributed by atoms with E-state index in [4.69, 9.17) is 14.2 Å². The Morgan fingerprint density at radius 3 is 0.649 bits per heavy atom. The molecule has 37 heavy (non-hydrogen) atoms. The van der Waals surface area contributed by atoms with E-state index in [0.29, 0.717) is 0 Å². The van der Waals surface area contributed by atoms with Crippen LogP contribution < -0.4 is 0 Å². The SMILES string of the molecule is CCCCCCCCCCCCCCOCCCOCCCOCCCCCCCCCCCCCC. The smallest absolute Gasteiger partial charge is 0.0488 e. The Morgan fingerprint density at radius 1 is 0.216 bits per heavy atom. The van der Waals surface area contributed by atoms with Crippen molar-refractivity contribution in [1.82, 2.24) is 0 Å². The highest BCUT2D eigenvalue weighted by atomic mass is 16.5. The summed E-state index contributed by atoms with van der Waals surface area (Å²) >= 11 is 0. The molecule has 0 bridgehead atoms. The van der Waals surface area contributed by atoms with E-state index in [1.54, 1.807) is 0 Å². The molecule has 0 fully saturated rings. The van der Waals surface area contributed by atoms with E-state index in [2.05, 4.69) is 13.8 Å². The molecule has 0 aromatic heterocycles. The Balaban J connectivity index is 3.00. The standard InChI is InChI=1S/C34H70O3/c1-3-5-7-9-11-13-15-17-19-21-23-25-29-35-31-27-33-37-34-28-32-36-30-26-24-22-20-18-16-14-12-10-8-6-4-2/h3-34H2,1-2H3. The molecule has 0 aromatic carbocycles. The van der Waals surface area contributed by atoms with Gasteiger partial charge in [-0.3, -0.25) is 0 Å². The molecule has 0 aliphatic carbocycles. The fourth-order valence-electron chi connectivity index (χ4n) is 4.92. The van der Waals surface area contributed by atoms with Gasteiger partial charge in [0.2, 0.25) is 0 Å². The average molecular weight is 527 g/mol. The van der Waals surface area contributed by atoms with Crippen LogP contribution in [0.3, 0.4) is 0 Å². The lowest BCUT2D eigenvalue weighted by atomic mass is 10.1. The van der Waals surface area contributed by atoms with Gasteiger partial charge in [0.15, 0.2) is 0 Å². The third kappa shape index (κ3) is 35.9. The summed E-state index contributed by atoms with van der Waals surface area (Å²) in [5.41, 5.74) is 0. The highest BCUT2D eigenvalue weighted by Crippen LogP contribution is 2.13. The summed E-state index contributed by atoms with van der Waals surface area (Å²) in [6.07, 6.45) is 35.5. The molecular weight excluding hydrogens is 456 g/mol. The van der Waals surface area contributed by atoms with E-state index in [-0.39, 0.29) is 0 Å². The molecule has 0 heterocycles. The summed E-state index contributed by atoms with van der Waals surface area (Å²) in [4.78, 5) is 0. The minimum absolute atomic E-state index is 0.817. The Hall–Kier alpha value is -0.120. The Morgan fingerprint density at radius 2 is 0.405 bits per heavy atom. The maximum Gasteiger partial charge on any atom is 0.0488 e. The fraction of sp³-hybridized carbons (Fsp3) is 1.00. The summed E-state index contributed by atoms with van der Waals surface area (Å²) in [5.74, 6) is 0. The van der Waals surface area contributed by atoms with E-state index in [1.165, 1.54) is 154 Å². The number of hydrogen-bond donors (Lipinski definition) is 0. The molecule has 3 nitrogen and oxygen atoms in total. The molecule has 0 atom stereocenters. The van der Waals surface area contributed by atoms with Gasteiger partial charge in [-0.1, -0.05) is 155 Å². The fourth-order valence-corrected chi connectivity index (χ4v) is 4.92. The quantitative estimate of drug-likeness (QED) is 0.0780. The summed E-state index contributed by atoms with van der Waals surface area (Å²) in [6.45, 7) is 9.74. The lowest BCUT2D eigenvalue weighted by molar-refractivity contribution is 0.0618. The molecule has 0 aliphatic heterocycles. The van der Waals surface area contributed by atoms with Gasteiger partial charge in [0.1, 0.15) is 0 Å². The largest absolute Gasteiger partial charge is 0.381 e. The highest BCUT2D eigenvalue weighted by molar-refractivity contribution is 4.50. The predicted octanol–water partition coefficient (Wildman–Crippen LogP) is 11.2. The van der Waals surface area contributed by atoms with Gasteiger partial charge in [-0.2, -0.15) is 0 Å². The van der Waals surface area contributed by atoms with Gasteiger partial charge in [-0.15, -0.1) is 0 Å². The molecule has 0 aliphatic rings. The van der Waals surface area contributed by atoms with Gasteiger partial charge in [-0.25, -0.2) is 0 Å². The summed E-state index contributed by atoms with van der Waals surface area (Å²) in [5, 5.41) is 0. The maximum atomic E-state index is 5.76. The van der Waals surface area contributed by atoms with Crippen LogP contribution in [0.4, 0.5) is 0 Å². The third-order valence-electron chi connectivity index (χ3n) is 7.44. The van der Waals surface area contributed by atoms with E-state index in [1.807, 2.05) is 0 Å².